The normalized spacial score (nSPS) is 40.1. The molecule has 11 nitrogen and oxygen atoms in total. The molecule has 4 bridgehead atoms. The molecule has 14 heteroatoms. The Hall–Kier alpha value is -2.35. The van der Waals surface area contributed by atoms with E-state index in [0.29, 0.717) is 25.7 Å². The fourth-order valence-electron chi connectivity index (χ4n) is 8.83. The summed E-state index contributed by atoms with van der Waals surface area (Å²) in [7, 11) is -5.83. The zero-order valence-electron chi connectivity index (χ0n) is 24.3. The van der Waals surface area contributed by atoms with Crippen molar-refractivity contribution in [1.29, 1.82) is 0 Å². The molecular weight excluding hydrogens is 582 g/mol. The van der Waals surface area contributed by atoms with Gasteiger partial charge in [-0.15, -0.1) is 0 Å². The van der Waals surface area contributed by atoms with Gasteiger partial charge in [-0.2, -0.15) is 17.2 Å². The maximum Gasteiger partial charge on any atom is 0.405 e. The lowest BCUT2D eigenvalue weighted by Gasteiger charge is -2.48. The van der Waals surface area contributed by atoms with Gasteiger partial charge in [0.15, 0.2) is 6.10 Å². The fourth-order valence-corrected chi connectivity index (χ4v) is 9.30. The Balaban J connectivity index is 1.24. The highest BCUT2D eigenvalue weighted by Crippen LogP contribution is 2.72. The number of carbonyl (C=O) groups is 4. The molecule has 5 rings (SSSR count). The maximum atomic E-state index is 13.9. The number of hydrogen-bond donors (Lipinski definition) is 1. The fraction of sp³-hybridized carbons (Fsp3) is 0.857. The molecule has 236 valence electrons. The Labute approximate surface area is 243 Å². The monoisotopic (exact) mass is 620 g/mol. The Morgan fingerprint density at radius 3 is 2.33 bits per heavy atom. The lowest BCUT2D eigenvalue weighted by Crippen LogP contribution is -2.52. The van der Waals surface area contributed by atoms with E-state index in [1.54, 1.807) is 0 Å². The topological polar surface area (TPSA) is 160 Å². The van der Waals surface area contributed by atoms with Crippen molar-refractivity contribution >= 4 is 34.0 Å². The first-order chi connectivity index (χ1) is 19.3. The highest BCUT2D eigenvalue weighted by atomic mass is 32.2. The standard InChI is InChI=1S/C28H38F2O11S/c1-6-27(12-14-9-10-26(27,5)25(14,3)4)41-24(34)20-16-11-15-19(20)23(33)40-22(15)21(16)39-18(32)8-7-17(31)38-13(2)28(29,30)42(35,36)37/h13-16,19-22H,6-12H2,1-5H3,(H,35,36,37). The van der Waals surface area contributed by atoms with E-state index < -0.39 is 93.8 Å². The molecule has 5 aliphatic rings. The van der Waals surface area contributed by atoms with Gasteiger partial charge in [-0.25, -0.2) is 0 Å². The summed E-state index contributed by atoms with van der Waals surface area (Å²) >= 11 is 0. The van der Waals surface area contributed by atoms with Crippen molar-refractivity contribution in [1.82, 2.24) is 0 Å². The molecule has 10 atom stereocenters. The summed E-state index contributed by atoms with van der Waals surface area (Å²) in [6.45, 7) is 9.22. The van der Waals surface area contributed by atoms with E-state index in [0.717, 1.165) is 19.3 Å². The molecule has 1 heterocycles. The van der Waals surface area contributed by atoms with Crippen LogP contribution in [0.5, 0.6) is 0 Å². The molecule has 0 radical (unpaired) electrons. The molecule has 0 aromatic heterocycles. The van der Waals surface area contributed by atoms with Gasteiger partial charge in [0.25, 0.3) is 0 Å². The number of ether oxygens (including phenoxy) is 4. The number of hydrogen-bond acceptors (Lipinski definition) is 10. The molecule has 0 amide bonds. The number of carbonyl (C=O) groups excluding carboxylic acids is 4. The molecule has 42 heavy (non-hydrogen) atoms. The highest BCUT2D eigenvalue weighted by Gasteiger charge is 2.73. The van der Waals surface area contributed by atoms with Gasteiger partial charge in [-0.1, -0.05) is 27.7 Å². The van der Waals surface area contributed by atoms with Gasteiger partial charge in [0, 0.05) is 17.3 Å². The minimum absolute atomic E-state index is 0.0192. The Bertz CT molecular complexity index is 1300. The van der Waals surface area contributed by atoms with Gasteiger partial charge in [-0.05, 0) is 50.4 Å². The average Bonchev–Trinajstić information content (AvgIpc) is 3.60. The summed E-state index contributed by atoms with van der Waals surface area (Å²) in [5.41, 5.74) is -0.917. The number of rotatable bonds is 10. The van der Waals surface area contributed by atoms with Crippen LogP contribution >= 0.6 is 0 Å². The second-order valence-electron chi connectivity index (χ2n) is 13.4. The Morgan fingerprint density at radius 2 is 1.79 bits per heavy atom. The van der Waals surface area contributed by atoms with E-state index >= 15 is 0 Å². The van der Waals surface area contributed by atoms with Crippen molar-refractivity contribution in [3.05, 3.63) is 0 Å². The van der Waals surface area contributed by atoms with Gasteiger partial charge >= 0.3 is 39.2 Å². The molecule has 1 aliphatic heterocycles. The molecule has 0 aromatic rings. The first-order valence-corrected chi connectivity index (χ1v) is 15.9. The zero-order valence-corrected chi connectivity index (χ0v) is 25.1. The largest absolute Gasteiger partial charge is 0.458 e. The van der Waals surface area contributed by atoms with E-state index in [1.807, 2.05) is 6.92 Å². The lowest BCUT2D eigenvalue weighted by atomic mass is 9.63. The SMILES string of the molecule is CCC1(OC(=O)C2C3CC4C(OC(=O)C42)C3OC(=O)CCC(=O)OC(C)C(F)(F)S(=O)(=O)O)CC2CCC1(C)C2(C)C. The predicted octanol–water partition coefficient (Wildman–Crippen LogP) is 3.44. The average molecular weight is 621 g/mol. The van der Waals surface area contributed by atoms with Crippen LogP contribution in [-0.4, -0.2) is 66.0 Å². The molecule has 4 aliphatic carbocycles. The quantitative estimate of drug-likeness (QED) is 0.217. The third kappa shape index (κ3) is 4.28. The summed E-state index contributed by atoms with van der Waals surface area (Å²) in [5.74, 6) is -5.20. The lowest BCUT2D eigenvalue weighted by molar-refractivity contribution is -0.191. The van der Waals surface area contributed by atoms with Gasteiger partial charge < -0.3 is 18.9 Å². The van der Waals surface area contributed by atoms with Gasteiger partial charge in [0.1, 0.15) is 17.8 Å². The summed E-state index contributed by atoms with van der Waals surface area (Å²) in [6.07, 6.45) is -1.66. The van der Waals surface area contributed by atoms with E-state index in [4.69, 9.17) is 18.8 Å². The molecule has 0 aromatic carbocycles. The summed E-state index contributed by atoms with van der Waals surface area (Å²) in [6, 6.07) is 0. The van der Waals surface area contributed by atoms with Gasteiger partial charge in [-0.3, -0.25) is 23.7 Å². The smallest absolute Gasteiger partial charge is 0.405 e. The Kier molecular flexibility index (Phi) is 7.28. The van der Waals surface area contributed by atoms with Crippen molar-refractivity contribution in [3.8, 4) is 0 Å². The van der Waals surface area contributed by atoms with Crippen molar-refractivity contribution in [2.24, 2.45) is 40.4 Å². The van der Waals surface area contributed by atoms with Gasteiger partial charge in [0.05, 0.1) is 24.7 Å². The van der Waals surface area contributed by atoms with Crippen molar-refractivity contribution in [3.63, 3.8) is 0 Å². The van der Waals surface area contributed by atoms with Crippen LogP contribution in [-0.2, 0) is 48.2 Å². The zero-order chi connectivity index (χ0) is 31.2. The summed E-state index contributed by atoms with van der Waals surface area (Å²) < 4.78 is 79.5. The first kappa shape index (κ1) is 31.1. The minimum Gasteiger partial charge on any atom is -0.458 e. The summed E-state index contributed by atoms with van der Waals surface area (Å²) in [5, 5.41) is -4.74. The van der Waals surface area contributed by atoms with E-state index in [2.05, 4.69) is 25.5 Å². The number of alkyl halides is 2. The second-order valence-corrected chi connectivity index (χ2v) is 14.9. The first-order valence-electron chi connectivity index (χ1n) is 14.5. The molecule has 1 N–H and O–H groups in total. The van der Waals surface area contributed by atoms with Crippen LogP contribution in [0.25, 0.3) is 0 Å². The van der Waals surface area contributed by atoms with E-state index in [-0.39, 0.29) is 16.7 Å². The van der Waals surface area contributed by atoms with Gasteiger partial charge in [0.2, 0.25) is 0 Å². The van der Waals surface area contributed by atoms with E-state index in [9.17, 15) is 36.4 Å². The van der Waals surface area contributed by atoms with Crippen LogP contribution in [0.3, 0.4) is 0 Å². The summed E-state index contributed by atoms with van der Waals surface area (Å²) in [4.78, 5) is 51.3. The van der Waals surface area contributed by atoms with Crippen LogP contribution < -0.4 is 0 Å². The number of fused-ring (bicyclic) bond motifs is 3. The van der Waals surface area contributed by atoms with Crippen LogP contribution in [0, 0.1) is 40.4 Å². The number of esters is 4. The van der Waals surface area contributed by atoms with Crippen LogP contribution in [0.2, 0.25) is 0 Å². The third-order valence-corrected chi connectivity index (χ3v) is 12.6. The molecule has 4 saturated carbocycles. The maximum absolute atomic E-state index is 13.9. The molecular formula is C28H38F2O11S. The van der Waals surface area contributed by atoms with Crippen LogP contribution in [0.1, 0.15) is 79.6 Å². The van der Waals surface area contributed by atoms with Crippen LogP contribution in [0.15, 0.2) is 0 Å². The minimum atomic E-state index is -5.83. The second kappa shape index (κ2) is 9.83. The Morgan fingerprint density at radius 1 is 1.14 bits per heavy atom. The molecule has 0 spiro atoms. The van der Waals surface area contributed by atoms with Crippen molar-refractivity contribution in [2.75, 3.05) is 0 Å². The molecule has 10 unspecified atom stereocenters. The van der Waals surface area contributed by atoms with Crippen molar-refractivity contribution < 1.29 is 59.9 Å². The van der Waals surface area contributed by atoms with Crippen molar-refractivity contribution in [2.45, 2.75) is 109 Å². The highest BCUT2D eigenvalue weighted by molar-refractivity contribution is 7.86. The van der Waals surface area contributed by atoms with Crippen LogP contribution in [0.4, 0.5) is 8.78 Å². The van der Waals surface area contributed by atoms with E-state index in [1.165, 1.54) is 0 Å². The number of halogens is 2. The molecule has 1 saturated heterocycles. The predicted molar refractivity (Wildman–Crippen MR) is 138 cm³/mol. The third-order valence-electron chi connectivity index (χ3n) is 11.6. The molecule has 5 fully saturated rings.